The smallest absolute Gasteiger partial charge is 0.280 e. The quantitative estimate of drug-likeness (QED) is 0.501. The molecule has 1 fully saturated rings. The maximum Gasteiger partial charge on any atom is 0.280 e. The molecule has 3 atom stereocenters. The molecule has 1 aliphatic carbocycles. The van der Waals surface area contributed by atoms with Crippen molar-refractivity contribution in [2.75, 3.05) is 0 Å². The molecular formula is C24H27N5O. The lowest BCUT2D eigenvalue weighted by molar-refractivity contribution is 0.183. The van der Waals surface area contributed by atoms with Gasteiger partial charge in [0.1, 0.15) is 5.52 Å². The molecular weight excluding hydrogens is 374 g/mol. The Labute approximate surface area is 175 Å². The molecule has 0 amide bonds. The normalized spacial score (nSPS) is 22.0. The molecule has 3 heterocycles. The van der Waals surface area contributed by atoms with Gasteiger partial charge < -0.3 is 4.57 Å². The van der Waals surface area contributed by atoms with Crippen LogP contribution in [0.1, 0.15) is 51.8 Å². The number of benzene rings is 1. The van der Waals surface area contributed by atoms with Gasteiger partial charge in [-0.25, -0.2) is 4.52 Å². The number of hydrogen-bond acceptors (Lipinski definition) is 4. The summed E-state index contributed by atoms with van der Waals surface area (Å²) in [7, 11) is 0. The van der Waals surface area contributed by atoms with Crippen LogP contribution in [0.5, 0.6) is 0 Å². The summed E-state index contributed by atoms with van der Waals surface area (Å²) in [6, 6.07) is 12.3. The van der Waals surface area contributed by atoms with Crippen LogP contribution in [0.3, 0.4) is 0 Å². The molecule has 6 nitrogen and oxygen atoms in total. The molecule has 5 rings (SSSR count). The van der Waals surface area contributed by atoms with Crippen molar-refractivity contribution in [2.45, 2.75) is 52.5 Å². The fourth-order valence-electron chi connectivity index (χ4n) is 4.96. The summed E-state index contributed by atoms with van der Waals surface area (Å²) in [6.45, 7) is 6.63. The van der Waals surface area contributed by atoms with Gasteiger partial charge in [-0.2, -0.15) is 5.10 Å². The second kappa shape index (κ2) is 7.35. The van der Waals surface area contributed by atoms with Crippen LogP contribution in [0.4, 0.5) is 0 Å². The van der Waals surface area contributed by atoms with E-state index in [0.717, 1.165) is 41.6 Å². The number of fused-ring (bicyclic) bond motifs is 3. The molecule has 0 saturated heterocycles. The van der Waals surface area contributed by atoms with E-state index in [1.165, 1.54) is 6.42 Å². The minimum atomic E-state index is -0.0670. The maximum absolute atomic E-state index is 13.4. The number of hydrogen-bond donors (Lipinski definition) is 0. The van der Waals surface area contributed by atoms with Crippen LogP contribution in [0.2, 0.25) is 0 Å². The minimum absolute atomic E-state index is 0.0670. The van der Waals surface area contributed by atoms with Crippen molar-refractivity contribution in [1.82, 2.24) is 24.4 Å². The number of aryl methyl sites for hydroxylation is 1. The Morgan fingerprint density at radius 3 is 2.63 bits per heavy atom. The summed E-state index contributed by atoms with van der Waals surface area (Å²) < 4.78 is 3.67. The van der Waals surface area contributed by atoms with Crippen molar-refractivity contribution in [2.24, 2.45) is 11.8 Å². The Morgan fingerprint density at radius 2 is 1.87 bits per heavy atom. The molecule has 0 bridgehead atoms. The first kappa shape index (κ1) is 19.0. The number of pyridine rings is 1. The number of aromatic nitrogens is 5. The lowest BCUT2D eigenvalue weighted by Crippen LogP contribution is -2.34. The zero-order valence-corrected chi connectivity index (χ0v) is 17.7. The first-order chi connectivity index (χ1) is 14.6. The van der Waals surface area contributed by atoms with Crippen LogP contribution < -0.4 is 5.56 Å². The fraction of sp³-hybridized carbons (Fsp3) is 0.417. The largest absolute Gasteiger partial charge is 0.310 e. The van der Waals surface area contributed by atoms with Crippen molar-refractivity contribution >= 4 is 16.7 Å². The van der Waals surface area contributed by atoms with Crippen LogP contribution in [0, 0.1) is 11.8 Å². The molecule has 0 radical (unpaired) electrons. The van der Waals surface area contributed by atoms with Gasteiger partial charge in [0, 0.05) is 12.2 Å². The third kappa shape index (κ3) is 2.85. The lowest BCUT2D eigenvalue weighted by atomic mass is 9.78. The van der Waals surface area contributed by atoms with Crippen LogP contribution in [-0.2, 0) is 6.42 Å². The van der Waals surface area contributed by atoms with Gasteiger partial charge in [-0.3, -0.25) is 4.79 Å². The van der Waals surface area contributed by atoms with Gasteiger partial charge in [0.15, 0.2) is 11.2 Å². The summed E-state index contributed by atoms with van der Waals surface area (Å²) in [5, 5.41) is 13.7. The van der Waals surface area contributed by atoms with Crippen molar-refractivity contribution in [3.05, 3.63) is 58.6 Å². The molecule has 0 N–H and O–H groups in total. The summed E-state index contributed by atoms with van der Waals surface area (Å²) in [5.74, 6) is 1.08. The average Bonchev–Trinajstić information content (AvgIpc) is 3.16. The third-order valence-electron chi connectivity index (χ3n) is 6.90. The van der Waals surface area contributed by atoms with Crippen LogP contribution >= 0.6 is 0 Å². The topological polar surface area (TPSA) is 65.1 Å². The van der Waals surface area contributed by atoms with E-state index in [-0.39, 0.29) is 11.6 Å². The Balaban J connectivity index is 1.71. The van der Waals surface area contributed by atoms with Crippen molar-refractivity contribution in [3.8, 4) is 11.1 Å². The predicted octanol–water partition coefficient (Wildman–Crippen LogP) is 4.67. The highest BCUT2D eigenvalue weighted by molar-refractivity contribution is 5.84. The van der Waals surface area contributed by atoms with E-state index in [9.17, 15) is 4.79 Å². The van der Waals surface area contributed by atoms with Crippen LogP contribution in [-0.4, -0.2) is 24.4 Å². The summed E-state index contributed by atoms with van der Waals surface area (Å²) in [6.07, 6.45) is 6.14. The standard InChI is InChI=1S/C24H27N5O/c1-4-18-21(17-10-6-5-7-11-17)23-26-25-22-20(29(23)27-18)13-14-28(24(22)30)19-12-8-9-15(2)16(19)3/h5-7,10-11,13-16,19H,4,8-9,12H2,1-3H3/t15-,16-,19-/m1/s1. The highest BCUT2D eigenvalue weighted by atomic mass is 16.1. The molecule has 30 heavy (non-hydrogen) atoms. The fourth-order valence-corrected chi connectivity index (χ4v) is 4.96. The summed E-state index contributed by atoms with van der Waals surface area (Å²) in [4.78, 5) is 13.4. The summed E-state index contributed by atoms with van der Waals surface area (Å²) in [5.41, 5.74) is 4.75. The van der Waals surface area contributed by atoms with E-state index in [1.54, 1.807) is 4.52 Å². The second-order valence-electron chi connectivity index (χ2n) is 8.57. The van der Waals surface area contributed by atoms with E-state index in [1.807, 2.05) is 35.0 Å². The Kier molecular flexibility index (Phi) is 4.65. The molecule has 1 aliphatic rings. The average molecular weight is 402 g/mol. The molecule has 4 aromatic rings. The Morgan fingerprint density at radius 1 is 1.07 bits per heavy atom. The molecule has 1 saturated carbocycles. The maximum atomic E-state index is 13.4. The molecule has 1 aromatic carbocycles. The third-order valence-corrected chi connectivity index (χ3v) is 6.90. The van der Waals surface area contributed by atoms with E-state index in [2.05, 4.69) is 43.1 Å². The first-order valence-electron chi connectivity index (χ1n) is 10.9. The van der Waals surface area contributed by atoms with Gasteiger partial charge in [-0.15, -0.1) is 10.2 Å². The zero-order chi connectivity index (χ0) is 20.8. The monoisotopic (exact) mass is 401 g/mol. The summed E-state index contributed by atoms with van der Waals surface area (Å²) >= 11 is 0. The molecule has 0 spiro atoms. The van der Waals surface area contributed by atoms with Gasteiger partial charge in [0.2, 0.25) is 0 Å². The highest BCUT2D eigenvalue weighted by Crippen LogP contribution is 2.37. The second-order valence-corrected chi connectivity index (χ2v) is 8.57. The minimum Gasteiger partial charge on any atom is -0.310 e. The van der Waals surface area contributed by atoms with Gasteiger partial charge in [0.05, 0.1) is 11.3 Å². The Hall–Kier alpha value is -3.02. The molecule has 6 heteroatoms. The van der Waals surface area contributed by atoms with Gasteiger partial charge in [-0.05, 0) is 36.3 Å². The van der Waals surface area contributed by atoms with Crippen molar-refractivity contribution < 1.29 is 0 Å². The van der Waals surface area contributed by atoms with Gasteiger partial charge in [-0.1, -0.05) is 63.9 Å². The van der Waals surface area contributed by atoms with Crippen LogP contribution in [0.15, 0.2) is 47.4 Å². The van der Waals surface area contributed by atoms with E-state index in [0.29, 0.717) is 23.0 Å². The molecule has 0 unspecified atom stereocenters. The molecule has 0 aliphatic heterocycles. The molecule has 3 aromatic heterocycles. The lowest BCUT2D eigenvalue weighted by Gasteiger charge is -2.35. The highest BCUT2D eigenvalue weighted by Gasteiger charge is 2.29. The predicted molar refractivity (Wildman–Crippen MR) is 119 cm³/mol. The van der Waals surface area contributed by atoms with Crippen LogP contribution in [0.25, 0.3) is 27.8 Å². The zero-order valence-electron chi connectivity index (χ0n) is 17.7. The van der Waals surface area contributed by atoms with Gasteiger partial charge >= 0.3 is 0 Å². The number of rotatable bonds is 3. The van der Waals surface area contributed by atoms with E-state index >= 15 is 0 Å². The van der Waals surface area contributed by atoms with E-state index < -0.39 is 0 Å². The molecule has 154 valence electrons. The SMILES string of the molecule is CCc1nn2c(nnc3c(=O)n([C@@H]4CCC[C@@H](C)[C@H]4C)ccc32)c1-c1ccccc1. The number of nitrogens with zero attached hydrogens (tertiary/aromatic N) is 5. The van der Waals surface area contributed by atoms with E-state index in [4.69, 9.17) is 5.10 Å². The Bertz CT molecular complexity index is 1270. The van der Waals surface area contributed by atoms with Crippen molar-refractivity contribution in [1.29, 1.82) is 0 Å². The van der Waals surface area contributed by atoms with Crippen molar-refractivity contribution in [3.63, 3.8) is 0 Å². The van der Waals surface area contributed by atoms with Gasteiger partial charge in [0.25, 0.3) is 5.56 Å². The first-order valence-corrected chi connectivity index (χ1v) is 10.9.